The Bertz CT molecular complexity index is 1110. The second-order valence-electron chi connectivity index (χ2n) is 6.27. The van der Waals surface area contributed by atoms with Gasteiger partial charge in [0, 0.05) is 21.5 Å². The summed E-state index contributed by atoms with van der Waals surface area (Å²) in [7, 11) is 0. The standard InChI is InChI=1S/C22H16BClFNOS/c1-28-18-10-6-16(7-11-18)23(15-4-8-17(24)9-5-15)27-21-13-12-20(25)19-3-2-14-26-22(19)21/h2-14H,1H3. The Kier molecular flexibility index (Phi) is 5.56. The fraction of sp³-hybridized carbons (Fsp3) is 0.0455. The van der Waals surface area contributed by atoms with E-state index in [0.717, 1.165) is 10.9 Å². The number of rotatable bonds is 5. The molecule has 4 rings (SSSR count). The molecule has 0 bridgehead atoms. The van der Waals surface area contributed by atoms with Crippen LogP contribution in [-0.2, 0) is 0 Å². The fourth-order valence-corrected chi connectivity index (χ4v) is 3.61. The van der Waals surface area contributed by atoms with Gasteiger partial charge in [-0.15, -0.1) is 11.8 Å². The van der Waals surface area contributed by atoms with E-state index < -0.39 is 0 Å². The van der Waals surface area contributed by atoms with Crippen molar-refractivity contribution in [1.29, 1.82) is 0 Å². The third-order valence-corrected chi connectivity index (χ3v) is 5.51. The van der Waals surface area contributed by atoms with E-state index in [1.165, 1.54) is 11.0 Å². The molecule has 138 valence electrons. The molecule has 2 nitrogen and oxygen atoms in total. The topological polar surface area (TPSA) is 22.1 Å². The van der Waals surface area contributed by atoms with Crippen LogP contribution in [0, 0.1) is 5.82 Å². The third-order valence-electron chi connectivity index (χ3n) is 4.52. The quantitative estimate of drug-likeness (QED) is 0.346. The molecule has 0 spiro atoms. The highest BCUT2D eigenvalue weighted by Gasteiger charge is 2.25. The molecule has 0 aliphatic heterocycles. The zero-order valence-corrected chi connectivity index (χ0v) is 16.7. The number of nitrogens with zero attached hydrogens (tertiary/aromatic N) is 1. The smallest absolute Gasteiger partial charge is 0.426 e. The second-order valence-corrected chi connectivity index (χ2v) is 7.58. The van der Waals surface area contributed by atoms with Crippen molar-refractivity contribution in [2.24, 2.45) is 0 Å². The SMILES string of the molecule is CSc1ccc(B(Oc2ccc(F)c3cccnc23)c2ccc(Cl)cc2)cc1. The summed E-state index contributed by atoms with van der Waals surface area (Å²) in [4.78, 5) is 5.51. The Hall–Kier alpha value is -2.50. The molecule has 0 atom stereocenters. The zero-order valence-electron chi connectivity index (χ0n) is 15.1. The summed E-state index contributed by atoms with van der Waals surface area (Å²) in [6.45, 7) is -0.371. The number of halogens is 2. The minimum Gasteiger partial charge on any atom is -0.550 e. The minimum atomic E-state index is -0.371. The van der Waals surface area contributed by atoms with E-state index in [9.17, 15) is 4.39 Å². The molecule has 0 aliphatic carbocycles. The molecule has 28 heavy (non-hydrogen) atoms. The van der Waals surface area contributed by atoms with Crippen LogP contribution in [-0.4, -0.2) is 18.2 Å². The van der Waals surface area contributed by atoms with Gasteiger partial charge in [-0.05, 0) is 65.7 Å². The Morgan fingerprint density at radius 2 is 1.61 bits per heavy atom. The number of thioether (sulfide) groups is 1. The first-order chi connectivity index (χ1) is 13.7. The maximum absolute atomic E-state index is 14.2. The molecule has 0 radical (unpaired) electrons. The average molecular weight is 408 g/mol. The maximum Gasteiger partial charge on any atom is 0.426 e. The van der Waals surface area contributed by atoms with Crippen molar-refractivity contribution in [1.82, 2.24) is 4.98 Å². The molecule has 0 saturated carbocycles. The minimum absolute atomic E-state index is 0.317. The van der Waals surface area contributed by atoms with Crippen LogP contribution >= 0.6 is 23.4 Å². The predicted molar refractivity (Wildman–Crippen MR) is 117 cm³/mol. The van der Waals surface area contributed by atoms with Crippen LogP contribution in [0.1, 0.15) is 0 Å². The second kappa shape index (κ2) is 8.25. The van der Waals surface area contributed by atoms with E-state index in [1.807, 2.05) is 42.7 Å². The van der Waals surface area contributed by atoms with Gasteiger partial charge >= 0.3 is 6.92 Å². The Morgan fingerprint density at radius 1 is 0.929 bits per heavy atom. The van der Waals surface area contributed by atoms with Crippen LogP contribution in [0.4, 0.5) is 4.39 Å². The lowest BCUT2D eigenvalue weighted by Gasteiger charge is -2.18. The first-order valence-corrected chi connectivity index (χ1v) is 10.4. The summed E-state index contributed by atoms with van der Waals surface area (Å²) in [5.74, 6) is 0.216. The van der Waals surface area contributed by atoms with Crippen LogP contribution in [0.15, 0.2) is 83.9 Å². The summed E-state index contributed by atoms with van der Waals surface area (Å²) in [5, 5.41) is 1.10. The van der Waals surface area contributed by atoms with Gasteiger partial charge in [0.1, 0.15) is 17.1 Å². The van der Waals surface area contributed by atoms with Crippen molar-refractivity contribution in [3.8, 4) is 5.75 Å². The molecule has 0 N–H and O–H groups in total. The number of benzene rings is 3. The lowest BCUT2D eigenvalue weighted by atomic mass is 9.55. The first kappa shape index (κ1) is 18.8. The third kappa shape index (κ3) is 3.86. The van der Waals surface area contributed by atoms with E-state index in [0.29, 0.717) is 21.7 Å². The van der Waals surface area contributed by atoms with Gasteiger partial charge in [-0.3, -0.25) is 4.98 Å². The van der Waals surface area contributed by atoms with E-state index in [-0.39, 0.29) is 12.7 Å². The highest BCUT2D eigenvalue weighted by molar-refractivity contribution is 7.98. The lowest BCUT2D eigenvalue weighted by molar-refractivity contribution is 0.591. The van der Waals surface area contributed by atoms with Gasteiger partial charge in [0.25, 0.3) is 0 Å². The summed E-state index contributed by atoms with van der Waals surface area (Å²) < 4.78 is 20.6. The van der Waals surface area contributed by atoms with Gasteiger partial charge in [-0.2, -0.15) is 0 Å². The molecule has 0 saturated heterocycles. The Morgan fingerprint density at radius 3 is 2.29 bits per heavy atom. The summed E-state index contributed by atoms with van der Waals surface area (Å²) in [5.41, 5.74) is 2.45. The largest absolute Gasteiger partial charge is 0.550 e. The molecule has 0 amide bonds. The van der Waals surface area contributed by atoms with Gasteiger partial charge in [0.05, 0.1) is 0 Å². The molecule has 0 fully saturated rings. The van der Waals surface area contributed by atoms with Crippen molar-refractivity contribution in [3.63, 3.8) is 0 Å². The fourth-order valence-electron chi connectivity index (χ4n) is 3.08. The van der Waals surface area contributed by atoms with Gasteiger partial charge < -0.3 is 4.65 Å². The Balaban J connectivity index is 1.80. The van der Waals surface area contributed by atoms with Gasteiger partial charge in [0.2, 0.25) is 0 Å². The van der Waals surface area contributed by atoms with E-state index in [4.69, 9.17) is 16.3 Å². The van der Waals surface area contributed by atoms with Crippen molar-refractivity contribution in [3.05, 3.63) is 89.8 Å². The normalized spacial score (nSPS) is 10.8. The van der Waals surface area contributed by atoms with Gasteiger partial charge in [-0.25, -0.2) is 4.39 Å². The lowest BCUT2D eigenvalue weighted by Crippen LogP contribution is -2.47. The van der Waals surface area contributed by atoms with Crippen molar-refractivity contribution < 1.29 is 9.04 Å². The maximum atomic E-state index is 14.2. The van der Waals surface area contributed by atoms with E-state index in [2.05, 4.69) is 17.1 Å². The average Bonchev–Trinajstić information content (AvgIpc) is 2.74. The molecular formula is C22H16BClFNOS. The van der Waals surface area contributed by atoms with Gasteiger partial charge in [0.15, 0.2) is 0 Å². The molecular weight excluding hydrogens is 392 g/mol. The van der Waals surface area contributed by atoms with Crippen molar-refractivity contribution in [2.45, 2.75) is 4.90 Å². The molecule has 3 aromatic carbocycles. The number of aromatic nitrogens is 1. The van der Waals surface area contributed by atoms with Crippen LogP contribution < -0.4 is 15.6 Å². The van der Waals surface area contributed by atoms with Crippen LogP contribution in [0.2, 0.25) is 5.02 Å². The van der Waals surface area contributed by atoms with E-state index in [1.54, 1.807) is 36.2 Å². The van der Waals surface area contributed by atoms with Crippen molar-refractivity contribution in [2.75, 3.05) is 6.26 Å². The number of hydrogen-bond acceptors (Lipinski definition) is 3. The van der Waals surface area contributed by atoms with Crippen LogP contribution in [0.3, 0.4) is 0 Å². The Labute approximate surface area is 172 Å². The first-order valence-electron chi connectivity index (χ1n) is 8.75. The van der Waals surface area contributed by atoms with Crippen molar-refractivity contribution >= 4 is 52.1 Å². The molecule has 1 aromatic heterocycles. The number of hydrogen-bond donors (Lipinski definition) is 0. The highest BCUT2D eigenvalue weighted by atomic mass is 35.5. The summed E-state index contributed by atoms with van der Waals surface area (Å²) >= 11 is 7.75. The summed E-state index contributed by atoms with van der Waals surface area (Å²) in [6, 6.07) is 22.2. The molecule has 4 aromatic rings. The van der Waals surface area contributed by atoms with Crippen LogP contribution in [0.25, 0.3) is 10.9 Å². The summed E-state index contributed by atoms with van der Waals surface area (Å²) in [6.07, 6.45) is 3.68. The highest BCUT2D eigenvalue weighted by Crippen LogP contribution is 2.26. The predicted octanol–water partition coefficient (Wildman–Crippen LogP) is 4.93. The van der Waals surface area contributed by atoms with Crippen LogP contribution in [0.5, 0.6) is 5.75 Å². The monoisotopic (exact) mass is 407 g/mol. The van der Waals surface area contributed by atoms with Gasteiger partial charge in [-0.1, -0.05) is 35.9 Å². The van der Waals surface area contributed by atoms with E-state index >= 15 is 0 Å². The molecule has 6 heteroatoms. The molecule has 0 unspecified atom stereocenters. The number of fused-ring (bicyclic) bond motifs is 1. The molecule has 0 aliphatic rings. The zero-order chi connectivity index (χ0) is 19.5. The molecule has 1 heterocycles. The number of pyridine rings is 1.